The van der Waals surface area contributed by atoms with Gasteiger partial charge in [-0.1, -0.05) is 12.1 Å². The number of anilines is 1. The SMILES string of the molecule is Nc1ccc(-c2nn(CCO)c3c2C(N)CCC3)cc1. The maximum absolute atomic E-state index is 9.19. The first-order valence-electron chi connectivity index (χ1n) is 7.02. The van der Waals surface area contributed by atoms with Gasteiger partial charge in [0.15, 0.2) is 0 Å². The Kier molecular flexibility index (Phi) is 3.46. The number of nitrogen functional groups attached to an aromatic ring is 1. The van der Waals surface area contributed by atoms with Gasteiger partial charge in [-0.3, -0.25) is 4.68 Å². The fourth-order valence-electron chi connectivity index (χ4n) is 2.93. The van der Waals surface area contributed by atoms with E-state index in [2.05, 4.69) is 5.10 Å². The molecular weight excluding hydrogens is 252 g/mol. The molecule has 1 aromatic heterocycles. The summed E-state index contributed by atoms with van der Waals surface area (Å²) < 4.78 is 1.90. The lowest BCUT2D eigenvalue weighted by Crippen LogP contribution is -2.19. The Morgan fingerprint density at radius 3 is 2.75 bits per heavy atom. The Morgan fingerprint density at radius 2 is 2.05 bits per heavy atom. The molecule has 0 aliphatic heterocycles. The zero-order valence-corrected chi connectivity index (χ0v) is 11.4. The Hall–Kier alpha value is -1.85. The highest BCUT2D eigenvalue weighted by atomic mass is 16.3. The molecule has 3 rings (SSSR count). The molecule has 2 aromatic rings. The van der Waals surface area contributed by atoms with Crippen LogP contribution in [0.5, 0.6) is 0 Å². The third-order valence-electron chi connectivity index (χ3n) is 3.89. The lowest BCUT2D eigenvalue weighted by Gasteiger charge is -2.20. The summed E-state index contributed by atoms with van der Waals surface area (Å²) in [6.07, 6.45) is 3.04. The summed E-state index contributed by atoms with van der Waals surface area (Å²) in [4.78, 5) is 0. The van der Waals surface area contributed by atoms with Crippen LogP contribution in [0.2, 0.25) is 0 Å². The highest BCUT2D eigenvalue weighted by Crippen LogP contribution is 2.36. The summed E-state index contributed by atoms with van der Waals surface area (Å²) in [6.45, 7) is 0.606. The number of aliphatic hydroxyl groups excluding tert-OH is 1. The Balaban J connectivity index is 2.12. The second-order valence-electron chi connectivity index (χ2n) is 5.28. The van der Waals surface area contributed by atoms with Crippen molar-refractivity contribution in [3.8, 4) is 11.3 Å². The lowest BCUT2D eigenvalue weighted by atomic mass is 9.89. The van der Waals surface area contributed by atoms with E-state index in [4.69, 9.17) is 11.5 Å². The molecule has 1 aromatic carbocycles. The van der Waals surface area contributed by atoms with Crippen molar-refractivity contribution in [2.24, 2.45) is 5.73 Å². The van der Waals surface area contributed by atoms with E-state index >= 15 is 0 Å². The molecule has 106 valence electrons. The third-order valence-corrected chi connectivity index (χ3v) is 3.89. The van der Waals surface area contributed by atoms with Crippen molar-refractivity contribution in [3.63, 3.8) is 0 Å². The predicted octanol–water partition coefficient (Wildman–Crippen LogP) is 1.46. The molecule has 0 bridgehead atoms. The summed E-state index contributed by atoms with van der Waals surface area (Å²) in [5.74, 6) is 0. The van der Waals surface area contributed by atoms with Crippen molar-refractivity contribution in [3.05, 3.63) is 35.5 Å². The quantitative estimate of drug-likeness (QED) is 0.738. The first-order chi connectivity index (χ1) is 9.70. The first kappa shape index (κ1) is 13.1. The maximum Gasteiger partial charge on any atom is 0.0973 e. The molecule has 5 nitrogen and oxygen atoms in total. The van der Waals surface area contributed by atoms with Crippen molar-refractivity contribution >= 4 is 5.69 Å². The highest BCUT2D eigenvalue weighted by molar-refractivity contribution is 5.67. The second kappa shape index (κ2) is 5.26. The van der Waals surface area contributed by atoms with Crippen LogP contribution in [0.4, 0.5) is 5.69 Å². The number of fused-ring (bicyclic) bond motifs is 1. The van der Waals surface area contributed by atoms with Gasteiger partial charge in [-0.2, -0.15) is 5.10 Å². The smallest absolute Gasteiger partial charge is 0.0973 e. The van der Waals surface area contributed by atoms with Crippen LogP contribution in [0.15, 0.2) is 24.3 Å². The molecule has 1 atom stereocenters. The van der Waals surface area contributed by atoms with Gasteiger partial charge in [0, 0.05) is 28.6 Å². The van der Waals surface area contributed by atoms with Crippen LogP contribution in [0.3, 0.4) is 0 Å². The summed E-state index contributed by atoms with van der Waals surface area (Å²) >= 11 is 0. The van der Waals surface area contributed by atoms with E-state index in [0.29, 0.717) is 6.54 Å². The molecule has 5 N–H and O–H groups in total. The number of hydrogen-bond donors (Lipinski definition) is 3. The molecule has 20 heavy (non-hydrogen) atoms. The summed E-state index contributed by atoms with van der Waals surface area (Å²) in [6, 6.07) is 7.73. The number of nitrogens with zero attached hydrogens (tertiary/aromatic N) is 2. The van der Waals surface area contributed by atoms with E-state index in [1.165, 1.54) is 5.69 Å². The van der Waals surface area contributed by atoms with Gasteiger partial charge in [-0.25, -0.2) is 0 Å². The molecule has 5 heteroatoms. The summed E-state index contributed by atoms with van der Waals surface area (Å²) in [7, 11) is 0. The van der Waals surface area contributed by atoms with Crippen molar-refractivity contribution in [2.45, 2.75) is 31.8 Å². The van der Waals surface area contributed by atoms with E-state index in [0.717, 1.165) is 41.8 Å². The largest absolute Gasteiger partial charge is 0.399 e. The maximum atomic E-state index is 9.19. The van der Waals surface area contributed by atoms with Gasteiger partial charge < -0.3 is 16.6 Å². The molecule has 0 amide bonds. The second-order valence-corrected chi connectivity index (χ2v) is 5.28. The van der Waals surface area contributed by atoms with Crippen LogP contribution in [0.1, 0.15) is 30.1 Å². The van der Waals surface area contributed by atoms with Crippen LogP contribution < -0.4 is 11.5 Å². The topological polar surface area (TPSA) is 90.1 Å². The van der Waals surface area contributed by atoms with Crippen molar-refractivity contribution < 1.29 is 5.11 Å². The van der Waals surface area contributed by atoms with Crippen molar-refractivity contribution in [1.82, 2.24) is 9.78 Å². The van der Waals surface area contributed by atoms with Crippen LogP contribution in [0.25, 0.3) is 11.3 Å². The fourth-order valence-corrected chi connectivity index (χ4v) is 2.93. The lowest BCUT2D eigenvalue weighted by molar-refractivity contribution is 0.266. The van der Waals surface area contributed by atoms with Gasteiger partial charge in [0.05, 0.1) is 18.8 Å². The van der Waals surface area contributed by atoms with E-state index in [1.807, 2.05) is 28.9 Å². The molecule has 1 aliphatic carbocycles. The van der Waals surface area contributed by atoms with Gasteiger partial charge in [0.1, 0.15) is 0 Å². The van der Waals surface area contributed by atoms with Crippen LogP contribution >= 0.6 is 0 Å². The zero-order valence-electron chi connectivity index (χ0n) is 11.4. The molecule has 0 saturated carbocycles. The van der Waals surface area contributed by atoms with Gasteiger partial charge in [-0.05, 0) is 31.4 Å². The number of rotatable bonds is 3. The molecule has 1 aliphatic rings. The minimum Gasteiger partial charge on any atom is -0.399 e. The van der Waals surface area contributed by atoms with Gasteiger partial charge in [0.25, 0.3) is 0 Å². The minimum atomic E-state index is 0.0266. The molecule has 1 unspecified atom stereocenters. The Bertz CT molecular complexity index is 603. The van der Waals surface area contributed by atoms with E-state index < -0.39 is 0 Å². The average Bonchev–Trinajstić information content (AvgIpc) is 2.81. The summed E-state index contributed by atoms with van der Waals surface area (Å²) in [5, 5.41) is 13.9. The normalized spacial score (nSPS) is 18.0. The third kappa shape index (κ3) is 2.19. The molecule has 1 heterocycles. The Morgan fingerprint density at radius 1 is 1.30 bits per heavy atom. The standard InChI is InChI=1S/C15H20N4O/c16-11-6-4-10(5-7-11)15-14-12(17)2-1-3-13(14)19(18-15)8-9-20/h4-7,12,20H,1-3,8-9,16-17H2. The van der Waals surface area contributed by atoms with Crippen LogP contribution in [0, 0.1) is 0 Å². The highest BCUT2D eigenvalue weighted by Gasteiger charge is 2.26. The molecule has 0 fully saturated rings. The minimum absolute atomic E-state index is 0.0266. The zero-order chi connectivity index (χ0) is 14.1. The molecular formula is C15H20N4O. The van der Waals surface area contributed by atoms with Crippen LogP contribution in [-0.2, 0) is 13.0 Å². The number of benzene rings is 1. The molecule has 0 spiro atoms. The number of nitrogens with two attached hydrogens (primary N) is 2. The van der Waals surface area contributed by atoms with E-state index in [9.17, 15) is 5.11 Å². The predicted molar refractivity (Wildman–Crippen MR) is 79.0 cm³/mol. The van der Waals surface area contributed by atoms with Crippen molar-refractivity contribution in [1.29, 1.82) is 0 Å². The molecule has 0 radical (unpaired) electrons. The van der Waals surface area contributed by atoms with E-state index in [-0.39, 0.29) is 12.6 Å². The molecule has 0 saturated heterocycles. The number of aromatic nitrogens is 2. The van der Waals surface area contributed by atoms with Gasteiger partial charge in [0.2, 0.25) is 0 Å². The monoisotopic (exact) mass is 272 g/mol. The number of aliphatic hydroxyl groups is 1. The van der Waals surface area contributed by atoms with Gasteiger partial charge >= 0.3 is 0 Å². The number of hydrogen-bond acceptors (Lipinski definition) is 4. The van der Waals surface area contributed by atoms with Gasteiger partial charge in [-0.15, -0.1) is 0 Å². The Labute approximate surface area is 118 Å². The first-order valence-corrected chi connectivity index (χ1v) is 7.02. The average molecular weight is 272 g/mol. The summed E-state index contributed by atoms with van der Waals surface area (Å²) in [5.41, 5.74) is 17.0. The van der Waals surface area contributed by atoms with Crippen LogP contribution in [-0.4, -0.2) is 21.5 Å². The fraction of sp³-hybridized carbons (Fsp3) is 0.400. The van der Waals surface area contributed by atoms with Crippen molar-refractivity contribution in [2.75, 3.05) is 12.3 Å². The van der Waals surface area contributed by atoms with E-state index in [1.54, 1.807) is 0 Å².